The van der Waals surface area contributed by atoms with E-state index in [0.717, 1.165) is 0 Å². The van der Waals surface area contributed by atoms with E-state index in [-0.39, 0.29) is 24.2 Å². The molecule has 0 unspecified atom stereocenters. The fourth-order valence-electron chi connectivity index (χ4n) is 1.04. The standard InChI is InChI=1S/C8H13N5O2/c1-3-13(4-6(14)9-2)8(15)7-10-5-11-12-7/h5H,3-4H2,1-2H3,(H,9,14)(H,10,11,12). The number of H-pyrrole nitrogens is 1. The summed E-state index contributed by atoms with van der Waals surface area (Å²) < 4.78 is 0. The second-order valence-corrected chi connectivity index (χ2v) is 2.83. The Labute approximate surface area is 86.9 Å². The van der Waals surface area contributed by atoms with Gasteiger partial charge in [0.15, 0.2) is 0 Å². The van der Waals surface area contributed by atoms with Gasteiger partial charge in [-0.15, -0.1) is 0 Å². The zero-order valence-corrected chi connectivity index (χ0v) is 8.65. The summed E-state index contributed by atoms with van der Waals surface area (Å²) in [5, 5.41) is 8.48. The largest absolute Gasteiger partial charge is 0.358 e. The Hall–Kier alpha value is -1.92. The van der Waals surface area contributed by atoms with Gasteiger partial charge in [-0.2, -0.15) is 5.10 Å². The Kier molecular flexibility index (Phi) is 3.78. The maximum absolute atomic E-state index is 11.7. The van der Waals surface area contributed by atoms with Gasteiger partial charge in [0.2, 0.25) is 11.7 Å². The monoisotopic (exact) mass is 211 g/mol. The van der Waals surface area contributed by atoms with Crippen LogP contribution < -0.4 is 5.32 Å². The van der Waals surface area contributed by atoms with E-state index < -0.39 is 0 Å². The molecule has 0 saturated carbocycles. The Morgan fingerprint density at radius 3 is 2.80 bits per heavy atom. The van der Waals surface area contributed by atoms with Gasteiger partial charge in [0.25, 0.3) is 5.91 Å². The molecule has 1 heterocycles. The van der Waals surface area contributed by atoms with Crippen LogP contribution in [0.1, 0.15) is 17.5 Å². The number of rotatable bonds is 4. The molecule has 7 nitrogen and oxygen atoms in total. The van der Waals surface area contributed by atoms with Crippen molar-refractivity contribution in [1.82, 2.24) is 25.4 Å². The smallest absolute Gasteiger partial charge is 0.291 e. The lowest BCUT2D eigenvalue weighted by Crippen LogP contribution is -2.39. The van der Waals surface area contributed by atoms with Crippen molar-refractivity contribution < 1.29 is 9.59 Å². The molecular formula is C8H13N5O2. The van der Waals surface area contributed by atoms with Crippen LogP contribution in [0, 0.1) is 0 Å². The maximum Gasteiger partial charge on any atom is 0.291 e. The first kappa shape index (κ1) is 11.2. The summed E-state index contributed by atoms with van der Waals surface area (Å²) in [6, 6.07) is 0. The molecule has 0 aliphatic rings. The van der Waals surface area contributed by atoms with Crippen LogP contribution in [-0.2, 0) is 4.79 Å². The predicted molar refractivity (Wildman–Crippen MR) is 52.0 cm³/mol. The zero-order chi connectivity index (χ0) is 11.3. The van der Waals surface area contributed by atoms with Crippen LogP contribution in [0.15, 0.2) is 6.33 Å². The highest BCUT2D eigenvalue weighted by Crippen LogP contribution is 1.96. The lowest BCUT2D eigenvalue weighted by molar-refractivity contribution is -0.121. The average molecular weight is 211 g/mol. The summed E-state index contributed by atoms with van der Waals surface area (Å²) >= 11 is 0. The molecular weight excluding hydrogens is 198 g/mol. The van der Waals surface area contributed by atoms with E-state index in [1.54, 1.807) is 6.92 Å². The molecule has 1 aromatic rings. The second kappa shape index (κ2) is 5.08. The third kappa shape index (κ3) is 2.76. The van der Waals surface area contributed by atoms with Crippen LogP contribution in [0.3, 0.4) is 0 Å². The van der Waals surface area contributed by atoms with E-state index >= 15 is 0 Å². The molecule has 0 bridgehead atoms. The van der Waals surface area contributed by atoms with Crippen LogP contribution in [0.4, 0.5) is 0 Å². The minimum atomic E-state index is -0.335. The summed E-state index contributed by atoms with van der Waals surface area (Å²) in [4.78, 5) is 27.9. The number of nitrogens with one attached hydrogen (secondary N) is 2. The van der Waals surface area contributed by atoms with E-state index in [9.17, 15) is 9.59 Å². The highest BCUT2D eigenvalue weighted by Gasteiger charge is 2.18. The van der Waals surface area contributed by atoms with Crippen LogP contribution >= 0.6 is 0 Å². The maximum atomic E-state index is 11.7. The van der Waals surface area contributed by atoms with Gasteiger partial charge in [0.05, 0.1) is 6.54 Å². The van der Waals surface area contributed by atoms with Gasteiger partial charge in [-0.25, -0.2) is 4.98 Å². The van der Waals surface area contributed by atoms with Crippen molar-refractivity contribution in [1.29, 1.82) is 0 Å². The molecule has 1 rings (SSSR count). The van der Waals surface area contributed by atoms with Crippen molar-refractivity contribution >= 4 is 11.8 Å². The van der Waals surface area contributed by atoms with E-state index in [4.69, 9.17) is 0 Å². The molecule has 0 spiro atoms. The molecule has 0 fully saturated rings. The fourth-order valence-corrected chi connectivity index (χ4v) is 1.04. The number of likely N-dealkylation sites (N-methyl/N-ethyl adjacent to an activating group) is 2. The fraction of sp³-hybridized carbons (Fsp3) is 0.500. The Morgan fingerprint density at radius 1 is 1.60 bits per heavy atom. The predicted octanol–water partition coefficient (Wildman–Crippen LogP) is -0.987. The van der Waals surface area contributed by atoms with Gasteiger partial charge in [-0.1, -0.05) is 0 Å². The molecule has 0 saturated heterocycles. The summed E-state index contributed by atoms with van der Waals surface area (Å²) in [7, 11) is 1.52. The SMILES string of the molecule is CCN(CC(=O)NC)C(=O)c1ncn[nH]1. The minimum Gasteiger partial charge on any atom is -0.358 e. The minimum absolute atomic E-state index is 0.0204. The van der Waals surface area contributed by atoms with Crippen LogP contribution in [0.25, 0.3) is 0 Å². The summed E-state index contributed by atoms with van der Waals surface area (Å²) in [6.07, 6.45) is 1.25. The number of aromatic nitrogens is 3. The lowest BCUT2D eigenvalue weighted by atomic mass is 10.4. The van der Waals surface area contributed by atoms with Crippen LogP contribution in [-0.4, -0.2) is 52.0 Å². The van der Waals surface area contributed by atoms with Crippen molar-refractivity contribution in [3.8, 4) is 0 Å². The Morgan fingerprint density at radius 2 is 2.33 bits per heavy atom. The Bertz CT molecular complexity index is 335. The van der Waals surface area contributed by atoms with Gasteiger partial charge in [-0.05, 0) is 6.92 Å². The number of nitrogens with zero attached hydrogens (tertiary/aromatic N) is 3. The molecule has 0 aliphatic carbocycles. The van der Waals surface area contributed by atoms with Crippen molar-refractivity contribution in [2.24, 2.45) is 0 Å². The van der Waals surface area contributed by atoms with Crippen molar-refractivity contribution in [2.45, 2.75) is 6.92 Å². The first-order valence-electron chi connectivity index (χ1n) is 4.54. The number of aromatic amines is 1. The van der Waals surface area contributed by atoms with Crippen molar-refractivity contribution in [3.05, 3.63) is 12.2 Å². The zero-order valence-electron chi connectivity index (χ0n) is 8.65. The Balaban J connectivity index is 2.67. The highest BCUT2D eigenvalue weighted by molar-refractivity contribution is 5.93. The van der Waals surface area contributed by atoms with Gasteiger partial charge >= 0.3 is 0 Å². The van der Waals surface area contributed by atoms with Gasteiger partial charge in [-0.3, -0.25) is 14.7 Å². The summed E-state index contributed by atoms with van der Waals surface area (Å²) in [5.74, 6) is -0.413. The van der Waals surface area contributed by atoms with Gasteiger partial charge < -0.3 is 10.2 Å². The molecule has 0 radical (unpaired) electrons. The van der Waals surface area contributed by atoms with Gasteiger partial charge in [0.1, 0.15) is 6.33 Å². The molecule has 0 atom stereocenters. The number of carbonyl (C=O) groups excluding carboxylic acids is 2. The normalized spacial score (nSPS) is 9.73. The number of amides is 2. The number of hydrogen-bond donors (Lipinski definition) is 2. The summed E-state index contributed by atoms with van der Waals surface area (Å²) in [5.41, 5.74) is 0. The van der Waals surface area contributed by atoms with E-state index in [0.29, 0.717) is 6.54 Å². The molecule has 82 valence electrons. The second-order valence-electron chi connectivity index (χ2n) is 2.83. The lowest BCUT2D eigenvalue weighted by Gasteiger charge is -2.17. The summed E-state index contributed by atoms with van der Waals surface area (Å²) in [6.45, 7) is 2.25. The van der Waals surface area contributed by atoms with Crippen LogP contribution in [0.5, 0.6) is 0 Å². The van der Waals surface area contributed by atoms with Crippen molar-refractivity contribution in [2.75, 3.05) is 20.1 Å². The molecule has 2 N–H and O–H groups in total. The quantitative estimate of drug-likeness (QED) is 0.669. The highest BCUT2D eigenvalue weighted by atomic mass is 16.2. The average Bonchev–Trinajstić information content (AvgIpc) is 2.77. The van der Waals surface area contributed by atoms with Crippen LogP contribution in [0.2, 0.25) is 0 Å². The molecule has 15 heavy (non-hydrogen) atoms. The van der Waals surface area contributed by atoms with E-state index in [2.05, 4.69) is 20.5 Å². The third-order valence-corrected chi connectivity index (χ3v) is 1.90. The molecule has 2 amide bonds. The molecule has 0 aliphatic heterocycles. The first-order chi connectivity index (χ1) is 7.19. The number of carbonyl (C=O) groups is 2. The van der Waals surface area contributed by atoms with E-state index in [1.165, 1.54) is 18.3 Å². The molecule has 1 aromatic heterocycles. The number of hydrogen-bond acceptors (Lipinski definition) is 4. The third-order valence-electron chi connectivity index (χ3n) is 1.90. The van der Waals surface area contributed by atoms with Crippen molar-refractivity contribution in [3.63, 3.8) is 0 Å². The van der Waals surface area contributed by atoms with E-state index in [1.807, 2.05) is 0 Å². The topological polar surface area (TPSA) is 91.0 Å². The van der Waals surface area contributed by atoms with Gasteiger partial charge in [0, 0.05) is 13.6 Å². The first-order valence-corrected chi connectivity index (χ1v) is 4.54. The molecule has 0 aromatic carbocycles. The molecule has 7 heteroatoms.